The van der Waals surface area contributed by atoms with Crippen LogP contribution in [0.25, 0.3) is 0 Å². The van der Waals surface area contributed by atoms with Crippen LogP contribution < -0.4 is 51.4 Å². The fourth-order valence-electron chi connectivity index (χ4n) is 4.68. The Morgan fingerprint density at radius 1 is 0.651 bits per heavy atom. The molecule has 9 heteroatoms. The fourth-order valence-corrected chi connectivity index (χ4v) is 5.37. The summed E-state index contributed by atoms with van der Waals surface area (Å²) in [6, 6.07) is 3.49. The van der Waals surface area contributed by atoms with Gasteiger partial charge in [-0.3, -0.25) is 0 Å². The zero-order valence-electron chi connectivity index (χ0n) is 26.9. The number of hydrogen-bond donors (Lipinski definition) is 0. The molecule has 238 valence electrons. The van der Waals surface area contributed by atoms with Crippen LogP contribution in [-0.2, 0) is 19.6 Å². The van der Waals surface area contributed by atoms with Gasteiger partial charge in [-0.25, -0.2) is 18.0 Å². The van der Waals surface area contributed by atoms with Crippen molar-refractivity contribution in [1.29, 1.82) is 0 Å². The summed E-state index contributed by atoms with van der Waals surface area (Å²) >= 11 is 0. The number of benzene rings is 1. The minimum atomic E-state index is -5.03. The van der Waals surface area contributed by atoms with E-state index in [4.69, 9.17) is 9.47 Å². The summed E-state index contributed by atoms with van der Waals surface area (Å²) in [5.41, 5.74) is -0.895. The zero-order valence-corrected chi connectivity index (χ0v) is 30.9. The van der Waals surface area contributed by atoms with Gasteiger partial charge in [-0.05, 0) is 37.8 Å². The molecule has 0 aliphatic carbocycles. The topological polar surface area (TPSA) is 110 Å². The van der Waals surface area contributed by atoms with E-state index in [9.17, 15) is 22.6 Å². The maximum atomic E-state index is 12.8. The Kier molecular flexibility index (Phi) is 27.0. The molecule has 0 unspecified atom stereocenters. The molecule has 0 spiro atoms. The van der Waals surface area contributed by atoms with Gasteiger partial charge in [0.2, 0.25) is 0 Å². The van der Waals surface area contributed by atoms with Gasteiger partial charge in [-0.15, -0.1) is 0 Å². The van der Waals surface area contributed by atoms with Gasteiger partial charge in [0.15, 0.2) is 0 Å². The van der Waals surface area contributed by atoms with Crippen molar-refractivity contribution in [3.8, 4) is 0 Å². The summed E-state index contributed by atoms with van der Waals surface area (Å²) in [5.74, 6) is -1.95. The smallest absolute Gasteiger partial charge is 0.744 e. The van der Waals surface area contributed by atoms with Crippen molar-refractivity contribution in [3.63, 3.8) is 0 Å². The van der Waals surface area contributed by atoms with Crippen molar-refractivity contribution >= 4 is 22.1 Å². The van der Waals surface area contributed by atoms with Crippen molar-refractivity contribution in [1.82, 2.24) is 0 Å². The summed E-state index contributed by atoms with van der Waals surface area (Å²) < 4.78 is 46.0. The summed E-state index contributed by atoms with van der Waals surface area (Å²) in [6.07, 6.45) is 28.6. The first-order valence-electron chi connectivity index (χ1n) is 16.1. The van der Waals surface area contributed by atoms with Crippen molar-refractivity contribution in [2.24, 2.45) is 0 Å². The average molecular weight is 645 g/mol. The molecule has 0 fully saturated rings. The van der Waals surface area contributed by atoms with Crippen LogP contribution in [0.4, 0.5) is 0 Å². The molecule has 0 amide bonds. The molecule has 0 aliphatic heterocycles. The van der Waals surface area contributed by atoms with Crippen LogP contribution in [0.5, 0.6) is 0 Å². The number of carbonyl (C=O) groups excluding carboxylic acids is 2. The Balaban J connectivity index is 0.0000176. The first-order chi connectivity index (χ1) is 20.3. The van der Waals surface area contributed by atoms with Crippen LogP contribution in [0.15, 0.2) is 47.4 Å². The molecule has 1 aromatic rings. The maximum Gasteiger partial charge on any atom is 1.00 e. The van der Waals surface area contributed by atoms with Crippen LogP contribution in [0, 0.1) is 0 Å². The molecule has 0 N–H and O–H groups in total. The van der Waals surface area contributed by atoms with Gasteiger partial charge in [-0.2, -0.15) is 0 Å². The quantitative estimate of drug-likeness (QED) is 0.0417. The van der Waals surface area contributed by atoms with Crippen LogP contribution in [0.2, 0.25) is 0 Å². The van der Waals surface area contributed by atoms with Gasteiger partial charge in [0.05, 0.1) is 16.0 Å². The fraction of sp³-hybridized carbons (Fsp3) is 0.647. The standard InChI is InChI=1S/C34H54O7S.K/c1-3-5-7-9-11-13-15-17-19-21-23-28-40-33(35)30-26-25-27-31(42(37,38)39)32(30)34(36)41-29-24-22-20-18-16-14-12-10-8-6-4-2;/h21-27H,3-20,28-29H2,1-2H3,(H,37,38,39);/q;+1/p-1/b23-21+,24-22+;. The van der Waals surface area contributed by atoms with Crippen LogP contribution in [-0.4, -0.2) is 38.1 Å². The normalized spacial score (nSPS) is 11.6. The van der Waals surface area contributed by atoms with E-state index in [1.54, 1.807) is 12.2 Å². The molecule has 0 heterocycles. The first kappa shape index (κ1) is 42.2. The molecule has 7 nitrogen and oxygen atoms in total. The zero-order chi connectivity index (χ0) is 30.9. The number of rotatable bonds is 25. The van der Waals surface area contributed by atoms with E-state index < -0.39 is 32.5 Å². The van der Waals surface area contributed by atoms with E-state index in [0.29, 0.717) is 0 Å². The molecule has 0 aromatic heterocycles. The van der Waals surface area contributed by atoms with Gasteiger partial charge < -0.3 is 14.0 Å². The van der Waals surface area contributed by atoms with Crippen molar-refractivity contribution in [2.75, 3.05) is 13.2 Å². The molecule has 1 rings (SSSR count). The third-order valence-corrected chi connectivity index (χ3v) is 8.00. The van der Waals surface area contributed by atoms with Gasteiger partial charge in [0.25, 0.3) is 0 Å². The summed E-state index contributed by atoms with van der Waals surface area (Å²) in [5, 5.41) is 0. The second-order valence-corrected chi connectivity index (χ2v) is 12.1. The minimum absolute atomic E-state index is 0. The SMILES string of the molecule is CCCCCCCCCC/C=C/COC(=O)c1cccc(S(=O)(=O)[O-])c1C(=O)OC/C=C/CCCCCCCCCC.[K+]. The van der Waals surface area contributed by atoms with Gasteiger partial charge >= 0.3 is 63.3 Å². The molecule has 0 radical (unpaired) electrons. The Morgan fingerprint density at radius 3 is 1.51 bits per heavy atom. The van der Waals surface area contributed by atoms with E-state index in [2.05, 4.69) is 13.8 Å². The van der Waals surface area contributed by atoms with Crippen molar-refractivity contribution in [3.05, 3.63) is 53.6 Å². The van der Waals surface area contributed by atoms with Crippen molar-refractivity contribution in [2.45, 2.75) is 134 Å². The number of hydrogen-bond acceptors (Lipinski definition) is 7. The van der Waals surface area contributed by atoms with Gasteiger partial charge in [0, 0.05) is 0 Å². The Bertz CT molecular complexity index is 1050. The van der Waals surface area contributed by atoms with E-state index in [0.717, 1.165) is 44.6 Å². The molecule has 0 saturated heterocycles. The third-order valence-electron chi connectivity index (χ3n) is 7.12. The van der Waals surface area contributed by atoms with Crippen LogP contribution in [0.3, 0.4) is 0 Å². The number of allylic oxidation sites excluding steroid dienone is 2. The number of carbonyl (C=O) groups is 2. The molecule has 0 saturated carbocycles. The van der Waals surface area contributed by atoms with E-state index >= 15 is 0 Å². The average Bonchev–Trinajstić information content (AvgIpc) is 2.97. The number of unbranched alkanes of at least 4 members (excludes halogenated alkanes) is 16. The Morgan fingerprint density at radius 2 is 1.07 bits per heavy atom. The predicted molar refractivity (Wildman–Crippen MR) is 168 cm³/mol. The summed E-state index contributed by atoms with van der Waals surface area (Å²) in [6.45, 7) is 4.29. The Hall–Kier alpha value is -0.814. The number of ether oxygens (including phenoxy) is 2. The van der Waals surface area contributed by atoms with Crippen molar-refractivity contribution < 1.29 is 83.4 Å². The summed E-state index contributed by atoms with van der Waals surface area (Å²) in [7, 11) is -5.03. The maximum absolute atomic E-state index is 12.8. The number of esters is 2. The van der Waals surface area contributed by atoms with Crippen LogP contribution >= 0.6 is 0 Å². The molecule has 43 heavy (non-hydrogen) atoms. The molecular formula is C34H53KO7S. The molecule has 0 bridgehead atoms. The van der Waals surface area contributed by atoms with E-state index in [1.807, 2.05) is 12.2 Å². The molecular weight excluding hydrogens is 592 g/mol. The second kappa shape index (κ2) is 27.5. The monoisotopic (exact) mass is 644 g/mol. The molecule has 1 aromatic carbocycles. The first-order valence-corrected chi connectivity index (χ1v) is 17.5. The van der Waals surface area contributed by atoms with Gasteiger partial charge in [-0.1, -0.05) is 134 Å². The minimum Gasteiger partial charge on any atom is -0.744 e. The van der Waals surface area contributed by atoms with E-state index in [-0.39, 0.29) is 70.2 Å². The van der Waals surface area contributed by atoms with Crippen LogP contribution in [0.1, 0.15) is 150 Å². The van der Waals surface area contributed by atoms with E-state index in [1.165, 1.54) is 89.2 Å². The largest absolute Gasteiger partial charge is 1.00 e. The third kappa shape index (κ3) is 20.8. The second-order valence-electron chi connectivity index (χ2n) is 10.8. The molecule has 0 atom stereocenters. The summed E-state index contributed by atoms with van der Waals surface area (Å²) in [4.78, 5) is 24.7. The van der Waals surface area contributed by atoms with Gasteiger partial charge in [0.1, 0.15) is 23.3 Å². The molecule has 0 aliphatic rings. The Labute approximate surface area is 303 Å². The predicted octanol–water partition coefficient (Wildman–Crippen LogP) is 6.08.